The van der Waals surface area contributed by atoms with E-state index in [1.807, 2.05) is 22.6 Å². The van der Waals surface area contributed by atoms with Gasteiger partial charge in [0.1, 0.15) is 4.90 Å². The maximum absolute atomic E-state index is 15.5. The van der Waals surface area contributed by atoms with Gasteiger partial charge in [0.25, 0.3) is 5.69 Å². The lowest BCUT2D eigenvalue weighted by Gasteiger charge is -2.17. The number of carbonyl (C=O) groups is 1. The monoisotopic (exact) mass is 590 g/mol. The summed E-state index contributed by atoms with van der Waals surface area (Å²) >= 11 is 8.19. The Bertz CT molecular complexity index is 1350. The molecule has 13 heteroatoms. The lowest BCUT2D eigenvalue weighted by Crippen LogP contribution is -2.15. The molecule has 0 aliphatic carbocycles. The molecule has 0 heterocycles. The third kappa shape index (κ3) is 4.98. The first-order valence-electron chi connectivity index (χ1n) is 8.60. The van der Waals surface area contributed by atoms with E-state index in [2.05, 4.69) is 10.6 Å². The van der Waals surface area contributed by atoms with Gasteiger partial charge in [0.2, 0.25) is 10.0 Å². The van der Waals surface area contributed by atoms with Gasteiger partial charge in [-0.1, -0.05) is 23.7 Å². The lowest BCUT2D eigenvalue weighted by molar-refractivity contribution is -0.384. The molecule has 0 unspecified atom stereocenters. The Morgan fingerprint density at radius 1 is 1.09 bits per heavy atom. The van der Waals surface area contributed by atoms with Gasteiger partial charge < -0.3 is 10.6 Å². The molecule has 32 heavy (non-hydrogen) atoms. The quantitative estimate of drug-likeness (QED) is 0.153. The van der Waals surface area contributed by atoms with Crippen molar-refractivity contribution in [2.45, 2.75) is 4.90 Å². The van der Waals surface area contributed by atoms with E-state index < -0.39 is 37.0 Å². The molecule has 0 radical (unpaired) electrons. The molecule has 0 aromatic heterocycles. The number of hydrogen-bond acceptors (Lipinski definition) is 7. The molecule has 0 bridgehead atoms. The van der Waals surface area contributed by atoms with Crippen molar-refractivity contribution in [3.05, 3.63) is 78.6 Å². The van der Waals surface area contributed by atoms with E-state index in [-0.39, 0.29) is 33.9 Å². The summed E-state index contributed by atoms with van der Waals surface area (Å²) in [6.45, 7) is 0. The molecular formula is C19H13ClFIN4O5S. The van der Waals surface area contributed by atoms with E-state index in [1.165, 1.54) is 18.2 Å². The van der Waals surface area contributed by atoms with Crippen LogP contribution >= 0.6 is 34.2 Å². The zero-order valence-electron chi connectivity index (χ0n) is 15.8. The van der Waals surface area contributed by atoms with Gasteiger partial charge >= 0.3 is 0 Å². The van der Waals surface area contributed by atoms with Crippen LogP contribution in [-0.2, 0) is 10.0 Å². The molecule has 9 nitrogen and oxygen atoms in total. The van der Waals surface area contributed by atoms with Gasteiger partial charge in [-0.2, -0.15) is 0 Å². The highest BCUT2D eigenvalue weighted by Gasteiger charge is 2.27. The number of aldehydes is 1. The smallest absolute Gasteiger partial charge is 0.296 e. The zero-order valence-corrected chi connectivity index (χ0v) is 19.5. The second-order valence-corrected chi connectivity index (χ2v) is 9.52. The van der Waals surface area contributed by atoms with Crippen LogP contribution in [0.5, 0.6) is 0 Å². The van der Waals surface area contributed by atoms with Gasteiger partial charge in [-0.3, -0.25) is 14.9 Å². The third-order valence-corrected chi connectivity index (χ3v) is 6.20. The molecular weight excluding hydrogens is 578 g/mol. The zero-order chi connectivity index (χ0) is 23.6. The van der Waals surface area contributed by atoms with E-state index >= 15 is 4.39 Å². The normalized spacial score (nSPS) is 11.1. The maximum atomic E-state index is 15.5. The summed E-state index contributed by atoms with van der Waals surface area (Å²) in [6, 6.07) is 10.9. The Balaban J connectivity index is 2.21. The predicted molar refractivity (Wildman–Crippen MR) is 127 cm³/mol. The highest BCUT2D eigenvalue weighted by Crippen LogP contribution is 2.40. The first-order valence-corrected chi connectivity index (χ1v) is 11.6. The Hall–Kier alpha value is -2.81. The van der Waals surface area contributed by atoms with Gasteiger partial charge in [-0.05, 0) is 52.9 Å². The molecule has 166 valence electrons. The maximum Gasteiger partial charge on any atom is 0.296 e. The van der Waals surface area contributed by atoms with Gasteiger partial charge in [0.05, 0.1) is 27.0 Å². The van der Waals surface area contributed by atoms with E-state index in [9.17, 15) is 23.3 Å². The van der Waals surface area contributed by atoms with Crippen molar-refractivity contribution in [3.8, 4) is 0 Å². The van der Waals surface area contributed by atoms with Gasteiger partial charge in [-0.25, -0.2) is 17.9 Å². The Morgan fingerprint density at radius 2 is 1.75 bits per heavy atom. The molecule has 0 spiro atoms. The van der Waals surface area contributed by atoms with Crippen molar-refractivity contribution >= 4 is 78.9 Å². The first-order chi connectivity index (χ1) is 15.0. The number of nitrogens with one attached hydrogen (secondary N) is 2. The minimum atomic E-state index is -4.23. The summed E-state index contributed by atoms with van der Waals surface area (Å²) in [5.41, 5.74) is -2.11. The van der Waals surface area contributed by atoms with Crippen LogP contribution in [0.15, 0.2) is 53.4 Å². The van der Waals surface area contributed by atoms with E-state index in [4.69, 9.17) is 16.7 Å². The molecule has 0 aliphatic heterocycles. The van der Waals surface area contributed by atoms with Crippen molar-refractivity contribution in [1.29, 1.82) is 0 Å². The van der Waals surface area contributed by atoms with Crippen LogP contribution in [0.3, 0.4) is 0 Å². The minimum absolute atomic E-state index is 0.186. The van der Waals surface area contributed by atoms with Crippen LogP contribution in [-0.4, -0.2) is 19.6 Å². The number of nitro benzene ring substituents is 1. The van der Waals surface area contributed by atoms with Gasteiger partial charge in [0.15, 0.2) is 17.8 Å². The molecule has 3 aromatic carbocycles. The fourth-order valence-corrected chi connectivity index (χ4v) is 4.41. The number of halogens is 3. The number of sulfonamides is 1. The van der Waals surface area contributed by atoms with Gasteiger partial charge in [0, 0.05) is 15.2 Å². The second kappa shape index (κ2) is 9.36. The molecule has 0 aliphatic rings. The van der Waals surface area contributed by atoms with Crippen molar-refractivity contribution in [3.63, 3.8) is 0 Å². The van der Waals surface area contributed by atoms with Crippen molar-refractivity contribution in [1.82, 2.24) is 0 Å². The molecule has 0 fully saturated rings. The Morgan fingerprint density at radius 3 is 2.34 bits per heavy atom. The van der Waals surface area contributed by atoms with Crippen molar-refractivity contribution in [2.75, 3.05) is 10.6 Å². The summed E-state index contributed by atoms with van der Waals surface area (Å²) in [7, 11) is -4.23. The third-order valence-electron chi connectivity index (χ3n) is 4.24. The van der Waals surface area contributed by atoms with Crippen LogP contribution in [0.25, 0.3) is 0 Å². The summed E-state index contributed by atoms with van der Waals surface area (Å²) in [6.07, 6.45) is 0.251. The number of benzene rings is 3. The molecule has 4 N–H and O–H groups in total. The van der Waals surface area contributed by atoms with E-state index in [1.54, 1.807) is 18.2 Å². The molecule has 0 saturated carbocycles. The molecule has 0 atom stereocenters. The van der Waals surface area contributed by atoms with Crippen LogP contribution < -0.4 is 15.8 Å². The van der Waals surface area contributed by atoms with Crippen LogP contribution in [0, 0.1) is 19.5 Å². The largest absolute Gasteiger partial charge is 0.351 e. The Labute approximate surface area is 200 Å². The minimum Gasteiger partial charge on any atom is -0.351 e. The van der Waals surface area contributed by atoms with E-state index in [0.29, 0.717) is 0 Å². The molecule has 3 rings (SSSR count). The summed E-state index contributed by atoms with van der Waals surface area (Å²) in [4.78, 5) is 21.8. The van der Waals surface area contributed by atoms with Crippen molar-refractivity contribution in [2.24, 2.45) is 5.14 Å². The van der Waals surface area contributed by atoms with Crippen LogP contribution in [0.2, 0.25) is 5.02 Å². The summed E-state index contributed by atoms with van der Waals surface area (Å²) in [5.74, 6) is -1.19. The number of rotatable bonds is 7. The van der Waals surface area contributed by atoms with Crippen LogP contribution in [0.4, 0.5) is 32.8 Å². The number of nitrogens with two attached hydrogens (primary N) is 1. The SMILES string of the molecule is NS(=O)(=O)c1ccccc1Nc1c([N+](=O)[O-])cc(C=O)c(Nc2ccc(I)cc2Cl)c1F. The predicted octanol–water partition coefficient (Wildman–Crippen LogP) is 4.94. The highest BCUT2D eigenvalue weighted by atomic mass is 127. The fraction of sp³-hybridized carbons (Fsp3) is 0. The van der Waals surface area contributed by atoms with Gasteiger partial charge in [-0.15, -0.1) is 0 Å². The molecule has 0 saturated heterocycles. The highest BCUT2D eigenvalue weighted by molar-refractivity contribution is 14.1. The Kier molecular flexibility index (Phi) is 6.97. The molecule has 0 amide bonds. The summed E-state index contributed by atoms with van der Waals surface area (Å²) in [5, 5.41) is 22.1. The summed E-state index contributed by atoms with van der Waals surface area (Å²) < 4.78 is 40.1. The number of nitro groups is 1. The number of nitrogens with zero attached hydrogens (tertiary/aromatic N) is 1. The average Bonchev–Trinajstić information content (AvgIpc) is 2.72. The number of primary sulfonamides is 1. The number of carbonyl (C=O) groups excluding carboxylic acids is 1. The topological polar surface area (TPSA) is 144 Å². The lowest BCUT2D eigenvalue weighted by atomic mass is 10.1. The second-order valence-electron chi connectivity index (χ2n) is 6.34. The fourth-order valence-electron chi connectivity index (χ4n) is 2.82. The number of anilines is 4. The average molecular weight is 591 g/mol. The number of para-hydroxylation sites is 1. The van der Waals surface area contributed by atoms with Crippen LogP contribution in [0.1, 0.15) is 10.4 Å². The number of hydrogen-bond donors (Lipinski definition) is 3. The van der Waals surface area contributed by atoms with E-state index in [0.717, 1.165) is 15.7 Å². The first kappa shape index (κ1) is 23.8. The molecule has 3 aromatic rings. The van der Waals surface area contributed by atoms with Crippen molar-refractivity contribution < 1.29 is 22.5 Å². The standard InChI is InChI=1S/C19H13ClFIN4O5S/c20-12-8-11(22)5-6-13(12)24-18-10(9-27)7-15(26(28)29)19(17(18)21)25-14-3-1-2-4-16(14)32(23,30)31/h1-9,24-25H,(H2,23,30,31).